The molecule has 1 fully saturated rings. The molecule has 0 bridgehead atoms. The molecule has 1 amide bonds. The Kier molecular flexibility index (Phi) is 7.07. The van der Waals surface area contributed by atoms with Gasteiger partial charge in [0.15, 0.2) is 5.13 Å². The van der Waals surface area contributed by atoms with E-state index in [1.165, 1.54) is 27.8 Å². The molecule has 0 radical (unpaired) electrons. The van der Waals surface area contributed by atoms with Gasteiger partial charge in [0.1, 0.15) is 5.52 Å². The molecule has 0 aliphatic carbocycles. The summed E-state index contributed by atoms with van der Waals surface area (Å²) < 4.78 is 28.7. The van der Waals surface area contributed by atoms with E-state index < -0.39 is 10.0 Å². The maximum atomic E-state index is 13.7. The molecule has 0 spiro atoms. The molecule has 10 heteroatoms. The summed E-state index contributed by atoms with van der Waals surface area (Å²) in [6.07, 6.45) is 5.26. The normalized spacial score (nSPS) is 16.8. The van der Waals surface area contributed by atoms with Gasteiger partial charge in [0, 0.05) is 31.0 Å². The number of benzene rings is 2. The second-order valence-electron chi connectivity index (χ2n) is 8.97. The Bertz CT molecular complexity index is 1490. The van der Waals surface area contributed by atoms with Crippen molar-refractivity contribution in [2.75, 3.05) is 18.0 Å². The molecule has 0 N–H and O–H groups in total. The summed E-state index contributed by atoms with van der Waals surface area (Å²) in [5.41, 5.74) is 1.85. The molecule has 2 aromatic heterocycles. The maximum Gasteiger partial charge on any atom is 0.260 e. The Labute approximate surface area is 219 Å². The Morgan fingerprint density at radius 3 is 2.67 bits per heavy atom. The molecule has 1 unspecified atom stereocenters. The number of pyridine rings is 1. The molecule has 1 aliphatic rings. The minimum absolute atomic E-state index is 0.193. The van der Waals surface area contributed by atoms with E-state index in [1.807, 2.05) is 24.3 Å². The van der Waals surface area contributed by atoms with Crippen molar-refractivity contribution in [3.63, 3.8) is 0 Å². The lowest BCUT2D eigenvalue weighted by molar-refractivity contribution is 0.0985. The smallest absolute Gasteiger partial charge is 0.260 e. The van der Waals surface area contributed by atoms with Gasteiger partial charge in [-0.25, -0.2) is 13.4 Å². The van der Waals surface area contributed by atoms with Crippen LogP contribution in [0.3, 0.4) is 0 Å². The van der Waals surface area contributed by atoms with Gasteiger partial charge < -0.3 is 0 Å². The number of amides is 1. The summed E-state index contributed by atoms with van der Waals surface area (Å²) in [5, 5.41) is 1.02. The van der Waals surface area contributed by atoms with Crippen molar-refractivity contribution in [1.82, 2.24) is 14.3 Å². The average Bonchev–Trinajstić information content (AvgIpc) is 3.33. The predicted octanol–water partition coefficient (Wildman–Crippen LogP) is 5.61. The van der Waals surface area contributed by atoms with Crippen molar-refractivity contribution in [3.8, 4) is 0 Å². The number of nitrogens with zero attached hydrogens (tertiary/aromatic N) is 4. The van der Waals surface area contributed by atoms with Crippen molar-refractivity contribution in [2.24, 2.45) is 5.92 Å². The molecule has 1 saturated heterocycles. The SMILES string of the molecule is CC1CCCN(S(=O)(=O)c2ccc(C(=O)N(Cc3cccnc3)c3nc4c(Cl)cccc4s3)cc2)C1. The first-order chi connectivity index (χ1) is 17.3. The summed E-state index contributed by atoms with van der Waals surface area (Å²) in [6, 6.07) is 15.4. The molecule has 186 valence electrons. The van der Waals surface area contributed by atoms with E-state index in [4.69, 9.17) is 11.6 Å². The summed E-state index contributed by atoms with van der Waals surface area (Å²) in [4.78, 5) is 24.3. The molecule has 7 nitrogen and oxygen atoms in total. The van der Waals surface area contributed by atoms with Gasteiger partial charge in [-0.3, -0.25) is 14.7 Å². The largest absolute Gasteiger partial charge is 0.279 e. The van der Waals surface area contributed by atoms with Gasteiger partial charge in [0.2, 0.25) is 10.0 Å². The monoisotopic (exact) mass is 540 g/mol. The zero-order valence-electron chi connectivity index (χ0n) is 19.7. The van der Waals surface area contributed by atoms with Crippen LogP contribution < -0.4 is 4.90 Å². The van der Waals surface area contributed by atoms with Crippen LogP contribution in [-0.4, -0.2) is 41.7 Å². The molecule has 4 aromatic rings. The van der Waals surface area contributed by atoms with Gasteiger partial charge in [-0.2, -0.15) is 4.31 Å². The molecule has 3 heterocycles. The minimum atomic E-state index is -3.61. The number of hydrogen-bond acceptors (Lipinski definition) is 6. The van der Waals surface area contributed by atoms with Gasteiger partial charge in [-0.1, -0.05) is 42.0 Å². The van der Waals surface area contributed by atoms with E-state index in [2.05, 4.69) is 16.9 Å². The number of para-hydroxylation sites is 1. The first-order valence-corrected chi connectivity index (χ1v) is 14.3. The van der Waals surface area contributed by atoms with Crippen LogP contribution in [0, 0.1) is 5.92 Å². The van der Waals surface area contributed by atoms with Crippen LogP contribution in [-0.2, 0) is 16.6 Å². The number of anilines is 1. The zero-order valence-corrected chi connectivity index (χ0v) is 22.1. The molecular formula is C26H25ClN4O3S2. The fraction of sp³-hybridized carbons (Fsp3) is 0.269. The first kappa shape index (κ1) is 24.8. The number of aromatic nitrogens is 2. The fourth-order valence-corrected chi connectivity index (χ4v) is 7.22. The van der Waals surface area contributed by atoms with E-state index in [0.29, 0.717) is 40.2 Å². The van der Waals surface area contributed by atoms with Crippen LogP contribution >= 0.6 is 22.9 Å². The van der Waals surface area contributed by atoms with Gasteiger partial charge in [0.25, 0.3) is 5.91 Å². The maximum absolute atomic E-state index is 13.7. The number of carbonyl (C=O) groups is 1. The third kappa shape index (κ3) is 5.01. The summed E-state index contributed by atoms with van der Waals surface area (Å²) in [6.45, 7) is 3.36. The van der Waals surface area contributed by atoms with Crippen molar-refractivity contribution in [3.05, 3.63) is 83.1 Å². The molecule has 5 rings (SSSR count). The van der Waals surface area contributed by atoms with Crippen molar-refractivity contribution in [1.29, 1.82) is 0 Å². The van der Waals surface area contributed by atoms with E-state index >= 15 is 0 Å². The second-order valence-corrected chi connectivity index (χ2v) is 12.3. The third-order valence-electron chi connectivity index (χ3n) is 6.26. The fourth-order valence-electron chi connectivity index (χ4n) is 4.36. The van der Waals surface area contributed by atoms with E-state index in [1.54, 1.807) is 35.5 Å². The van der Waals surface area contributed by atoms with Crippen LogP contribution in [0.5, 0.6) is 0 Å². The quantitative estimate of drug-likeness (QED) is 0.317. The Balaban J connectivity index is 1.46. The van der Waals surface area contributed by atoms with Crippen LogP contribution in [0.4, 0.5) is 5.13 Å². The molecular weight excluding hydrogens is 516 g/mol. The molecule has 1 aliphatic heterocycles. The van der Waals surface area contributed by atoms with Crippen molar-refractivity contribution in [2.45, 2.75) is 31.2 Å². The van der Waals surface area contributed by atoms with Gasteiger partial charge in [-0.15, -0.1) is 0 Å². The van der Waals surface area contributed by atoms with Gasteiger partial charge in [0.05, 0.1) is 21.2 Å². The zero-order chi connectivity index (χ0) is 25.3. The number of piperidine rings is 1. The highest BCUT2D eigenvalue weighted by atomic mass is 35.5. The first-order valence-electron chi connectivity index (χ1n) is 11.7. The Morgan fingerprint density at radius 1 is 1.17 bits per heavy atom. The molecule has 0 saturated carbocycles. The van der Waals surface area contributed by atoms with E-state index in [0.717, 1.165) is 23.1 Å². The third-order valence-corrected chi connectivity index (χ3v) is 9.48. The number of rotatable bonds is 6. The van der Waals surface area contributed by atoms with E-state index in [-0.39, 0.29) is 17.3 Å². The van der Waals surface area contributed by atoms with Crippen LogP contribution in [0.25, 0.3) is 10.2 Å². The topological polar surface area (TPSA) is 83.5 Å². The van der Waals surface area contributed by atoms with Gasteiger partial charge in [-0.05, 0) is 66.8 Å². The number of carbonyl (C=O) groups excluding carboxylic acids is 1. The molecule has 36 heavy (non-hydrogen) atoms. The van der Waals surface area contributed by atoms with Gasteiger partial charge >= 0.3 is 0 Å². The highest BCUT2D eigenvalue weighted by Crippen LogP contribution is 2.34. The number of fused-ring (bicyclic) bond motifs is 1. The summed E-state index contributed by atoms with van der Waals surface area (Å²) >= 11 is 7.71. The summed E-state index contributed by atoms with van der Waals surface area (Å²) in [7, 11) is -3.61. The Hall–Kier alpha value is -2.85. The molecule has 1 atom stereocenters. The standard InChI is InChI=1S/C26H25ClN4O3S2/c1-18-5-4-14-30(16-18)36(33,34)21-11-9-20(10-12-21)25(32)31(17-19-6-3-13-28-15-19)26-29-24-22(27)7-2-8-23(24)35-26/h2-3,6-13,15,18H,4-5,14,16-17H2,1H3. The number of halogens is 1. The van der Waals surface area contributed by atoms with Crippen LogP contribution in [0.15, 0.2) is 71.9 Å². The number of sulfonamides is 1. The summed E-state index contributed by atoms with van der Waals surface area (Å²) in [5.74, 6) is 0.0438. The lowest BCUT2D eigenvalue weighted by Gasteiger charge is -2.30. The van der Waals surface area contributed by atoms with Crippen LogP contribution in [0.2, 0.25) is 5.02 Å². The Morgan fingerprint density at radius 2 is 1.97 bits per heavy atom. The lowest BCUT2D eigenvalue weighted by atomic mass is 10.0. The van der Waals surface area contributed by atoms with Crippen LogP contribution in [0.1, 0.15) is 35.7 Å². The minimum Gasteiger partial charge on any atom is -0.279 e. The average molecular weight is 541 g/mol. The van der Waals surface area contributed by atoms with Crippen molar-refractivity contribution >= 4 is 54.2 Å². The van der Waals surface area contributed by atoms with Crippen molar-refractivity contribution < 1.29 is 13.2 Å². The predicted molar refractivity (Wildman–Crippen MR) is 143 cm³/mol. The lowest BCUT2D eigenvalue weighted by Crippen LogP contribution is -2.39. The highest BCUT2D eigenvalue weighted by molar-refractivity contribution is 7.89. The van der Waals surface area contributed by atoms with E-state index in [9.17, 15) is 13.2 Å². The number of hydrogen-bond donors (Lipinski definition) is 0. The number of thiazole rings is 1. The highest BCUT2D eigenvalue weighted by Gasteiger charge is 2.29. The molecule has 2 aromatic carbocycles. The second kappa shape index (κ2) is 10.3.